The maximum Gasteiger partial charge on any atom is 0.280 e. The van der Waals surface area contributed by atoms with Crippen LogP contribution in [0.1, 0.15) is 17.5 Å². The third-order valence-electron chi connectivity index (χ3n) is 4.95. The molecule has 0 bridgehead atoms. The van der Waals surface area contributed by atoms with Crippen LogP contribution in [0.15, 0.2) is 36.7 Å². The minimum absolute atomic E-state index is 0.146. The number of carbonyl (C=O) groups is 1. The van der Waals surface area contributed by atoms with Gasteiger partial charge in [-0.05, 0) is 30.7 Å². The van der Waals surface area contributed by atoms with Gasteiger partial charge in [0, 0.05) is 32.2 Å². The van der Waals surface area contributed by atoms with Crippen molar-refractivity contribution in [2.75, 3.05) is 12.4 Å². The lowest BCUT2D eigenvalue weighted by molar-refractivity contribution is -0.120. The molecule has 2 aromatic heterocycles. The molecular weight excluding hydrogens is 467 g/mol. The van der Waals surface area contributed by atoms with Crippen molar-refractivity contribution in [1.82, 2.24) is 23.8 Å². The van der Waals surface area contributed by atoms with Gasteiger partial charge in [-0.1, -0.05) is 11.6 Å². The summed E-state index contributed by atoms with van der Waals surface area (Å²) in [5, 5.41) is 7.12. The summed E-state index contributed by atoms with van der Waals surface area (Å²) >= 11 is 7.09. The fourth-order valence-electron chi connectivity index (χ4n) is 3.26. The maximum absolute atomic E-state index is 13.4. The van der Waals surface area contributed by atoms with Crippen LogP contribution in [0.2, 0.25) is 5.02 Å². The van der Waals surface area contributed by atoms with Crippen LogP contribution in [0.25, 0.3) is 10.6 Å². The Morgan fingerprint density at radius 3 is 2.81 bits per heavy atom. The van der Waals surface area contributed by atoms with E-state index in [9.17, 15) is 17.6 Å². The van der Waals surface area contributed by atoms with Gasteiger partial charge >= 0.3 is 0 Å². The Hall–Kier alpha value is -2.38. The van der Waals surface area contributed by atoms with E-state index in [1.807, 2.05) is 6.07 Å². The van der Waals surface area contributed by atoms with Crippen molar-refractivity contribution in [2.24, 2.45) is 7.05 Å². The summed E-state index contributed by atoms with van der Waals surface area (Å²) in [5.74, 6) is -1.17. The van der Waals surface area contributed by atoms with Gasteiger partial charge in [0.15, 0.2) is 0 Å². The second-order valence-electron chi connectivity index (χ2n) is 6.96. The molecule has 1 saturated heterocycles. The fourth-order valence-corrected chi connectivity index (χ4v) is 5.80. The molecule has 3 heterocycles. The average Bonchev–Trinajstić information content (AvgIpc) is 3.35. The molecule has 13 heteroatoms. The van der Waals surface area contributed by atoms with E-state index in [0.717, 1.165) is 20.9 Å². The normalized spacial score (nSPS) is 21.2. The molecule has 2 N–H and O–H groups in total. The predicted octanol–water partition coefficient (Wildman–Crippen LogP) is 2.55. The molecule has 1 aliphatic heterocycles. The van der Waals surface area contributed by atoms with Crippen molar-refractivity contribution >= 4 is 44.7 Å². The standard InChI is InChI=1S/C18H18ClFN6O3S2/c1-25-14(5-6-22-25)16-9-21-18(30-16)13-8-15(26(2)31(28,29)24-13)17(27)23-10-3-4-12(20)11(19)7-10/h3-7,9,13,15,24H,8H2,1-2H3,(H,23,27)/t13?,15-/m1/s1. The topological polar surface area (TPSA) is 109 Å². The summed E-state index contributed by atoms with van der Waals surface area (Å²) in [6.07, 6.45) is 3.48. The fraction of sp³-hybridized carbons (Fsp3) is 0.278. The Kier molecular flexibility index (Phi) is 5.83. The number of likely N-dealkylation sites (N-methyl/N-ethyl adjacent to an activating group) is 1. The molecule has 31 heavy (non-hydrogen) atoms. The zero-order valence-corrected chi connectivity index (χ0v) is 18.8. The number of thiazole rings is 1. The number of aromatic nitrogens is 3. The lowest BCUT2D eigenvalue weighted by atomic mass is 10.1. The first-order chi connectivity index (χ1) is 14.7. The van der Waals surface area contributed by atoms with Gasteiger partial charge in [-0.15, -0.1) is 11.3 Å². The molecule has 1 aromatic carbocycles. The highest BCUT2D eigenvalue weighted by atomic mass is 35.5. The number of carbonyl (C=O) groups excluding carboxylic acids is 1. The van der Waals surface area contributed by atoms with Gasteiger partial charge in [-0.3, -0.25) is 9.48 Å². The van der Waals surface area contributed by atoms with E-state index in [1.165, 1.54) is 30.5 Å². The summed E-state index contributed by atoms with van der Waals surface area (Å²) in [7, 11) is -0.804. The lowest BCUT2D eigenvalue weighted by Crippen LogP contribution is -2.55. The number of nitrogens with one attached hydrogen (secondary N) is 2. The smallest absolute Gasteiger partial charge is 0.280 e. The molecule has 1 amide bonds. The Bertz CT molecular complexity index is 1240. The Morgan fingerprint density at radius 2 is 2.13 bits per heavy atom. The number of amides is 1. The molecule has 0 aliphatic carbocycles. The van der Waals surface area contributed by atoms with Crippen molar-refractivity contribution in [1.29, 1.82) is 0 Å². The molecular formula is C18H18ClFN6O3S2. The number of rotatable bonds is 4. The van der Waals surface area contributed by atoms with E-state index in [2.05, 4.69) is 20.1 Å². The minimum Gasteiger partial charge on any atom is -0.325 e. The molecule has 0 radical (unpaired) electrons. The molecule has 4 rings (SSSR count). The van der Waals surface area contributed by atoms with Gasteiger partial charge in [0.1, 0.15) is 16.9 Å². The second kappa shape index (κ2) is 8.28. The highest BCUT2D eigenvalue weighted by molar-refractivity contribution is 7.87. The monoisotopic (exact) mass is 484 g/mol. The van der Waals surface area contributed by atoms with E-state index < -0.39 is 34.0 Å². The van der Waals surface area contributed by atoms with Crippen molar-refractivity contribution in [3.8, 4) is 10.6 Å². The lowest BCUT2D eigenvalue weighted by Gasteiger charge is -2.35. The minimum atomic E-state index is -3.93. The van der Waals surface area contributed by atoms with Crippen LogP contribution in [0.5, 0.6) is 0 Å². The maximum atomic E-state index is 13.4. The Labute approximate surface area is 187 Å². The molecule has 0 saturated carbocycles. The largest absolute Gasteiger partial charge is 0.325 e. The molecule has 1 aliphatic rings. The molecule has 164 valence electrons. The van der Waals surface area contributed by atoms with Crippen molar-refractivity contribution in [2.45, 2.75) is 18.5 Å². The summed E-state index contributed by atoms with van der Waals surface area (Å²) in [4.78, 5) is 18.1. The zero-order valence-electron chi connectivity index (χ0n) is 16.4. The van der Waals surface area contributed by atoms with Gasteiger partial charge in [0.25, 0.3) is 10.2 Å². The van der Waals surface area contributed by atoms with E-state index in [-0.39, 0.29) is 17.1 Å². The first-order valence-electron chi connectivity index (χ1n) is 9.11. The average molecular weight is 485 g/mol. The Balaban J connectivity index is 1.58. The van der Waals surface area contributed by atoms with Crippen molar-refractivity contribution in [3.63, 3.8) is 0 Å². The number of halogens is 2. The number of hydrogen-bond acceptors (Lipinski definition) is 6. The number of nitrogens with zero attached hydrogens (tertiary/aromatic N) is 4. The molecule has 2 atom stereocenters. The Morgan fingerprint density at radius 1 is 1.35 bits per heavy atom. The highest BCUT2D eigenvalue weighted by Gasteiger charge is 2.41. The molecule has 3 aromatic rings. The second-order valence-corrected chi connectivity index (χ2v) is 10.2. The van der Waals surface area contributed by atoms with Crippen LogP contribution >= 0.6 is 22.9 Å². The molecule has 0 spiro atoms. The number of aryl methyl sites for hydroxylation is 1. The third-order valence-corrected chi connectivity index (χ3v) is 7.97. The first-order valence-corrected chi connectivity index (χ1v) is 11.7. The molecule has 1 unspecified atom stereocenters. The van der Waals surface area contributed by atoms with Gasteiger partial charge in [-0.25, -0.2) is 9.37 Å². The zero-order chi connectivity index (χ0) is 22.3. The summed E-state index contributed by atoms with van der Waals surface area (Å²) in [5.41, 5.74) is 1.12. The van der Waals surface area contributed by atoms with Crippen LogP contribution in [0, 0.1) is 5.82 Å². The summed E-state index contributed by atoms with van der Waals surface area (Å²) in [6, 6.07) is 3.90. The van der Waals surface area contributed by atoms with E-state index in [1.54, 1.807) is 24.1 Å². The number of hydrogen-bond donors (Lipinski definition) is 2. The van der Waals surface area contributed by atoms with Gasteiger partial charge in [0.2, 0.25) is 5.91 Å². The van der Waals surface area contributed by atoms with Crippen LogP contribution < -0.4 is 10.0 Å². The first kappa shape index (κ1) is 21.8. The quantitative estimate of drug-likeness (QED) is 0.591. The number of anilines is 1. The van der Waals surface area contributed by atoms with Gasteiger partial charge in [0.05, 0.1) is 21.6 Å². The summed E-state index contributed by atoms with van der Waals surface area (Å²) < 4.78 is 43.9. The predicted molar refractivity (Wildman–Crippen MR) is 115 cm³/mol. The number of benzene rings is 1. The van der Waals surface area contributed by atoms with E-state index in [4.69, 9.17) is 11.6 Å². The molecule has 9 nitrogen and oxygen atoms in total. The van der Waals surface area contributed by atoms with Crippen molar-refractivity contribution < 1.29 is 17.6 Å². The van der Waals surface area contributed by atoms with E-state index in [0.29, 0.717) is 5.01 Å². The van der Waals surface area contributed by atoms with Crippen LogP contribution in [-0.2, 0) is 22.1 Å². The van der Waals surface area contributed by atoms with Gasteiger partial charge < -0.3 is 5.32 Å². The SMILES string of the molecule is CN1[C@@H](C(=O)Nc2ccc(F)c(Cl)c2)CC(c2ncc(-c3ccnn3C)s2)NS1(=O)=O. The third kappa shape index (κ3) is 4.34. The highest BCUT2D eigenvalue weighted by Crippen LogP contribution is 2.34. The van der Waals surface area contributed by atoms with Gasteiger partial charge in [-0.2, -0.15) is 22.5 Å². The van der Waals surface area contributed by atoms with Crippen molar-refractivity contribution in [3.05, 3.63) is 52.5 Å². The van der Waals surface area contributed by atoms with E-state index >= 15 is 0 Å². The van der Waals surface area contributed by atoms with Crippen LogP contribution in [0.3, 0.4) is 0 Å². The molecule has 1 fully saturated rings. The van der Waals surface area contributed by atoms with Crippen LogP contribution in [0.4, 0.5) is 10.1 Å². The summed E-state index contributed by atoms with van der Waals surface area (Å²) in [6.45, 7) is 0. The van der Waals surface area contributed by atoms with Crippen LogP contribution in [-0.4, -0.2) is 46.5 Å².